The fraction of sp³-hybridized carbons (Fsp3) is 0.0769. The zero-order chi connectivity index (χ0) is 28.3. The molecule has 200 valence electrons. The molecule has 8 rings (SSSR count). The quantitative estimate of drug-likeness (QED) is 0.209. The van der Waals surface area contributed by atoms with Crippen LogP contribution in [0.4, 0.5) is 17.1 Å². The molecule has 3 heteroatoms. The van der Waals surface area contributed by atoms with E-state index in [4.69, 9.17) is 0 Å². The van der Waals surface area contributed by atoms with Crippen molar-refractivity contribution in [1.29, 1.82) is 0 Å². The summed E-state index contributed by atoms with van der Waals surface area (Å²) in [7, 11) is 0. The standard InChI is InChI=1S/C39H29N3/c1-39(2)34-12-6-8-14-37(34)42(38-15-9-7-13-35(38)39)29-19-16-27(17-20-29)31-23-36-33(24-40-25-41-36)32-22-28(18-21-30(31)32)26-10-4-3-5-11-26/h3-25H,1-2H3. The van der Waals surface area contributed by atoms with Gasteiger partial charge in [-0.15, -0.1) is 0 Å². The van der Waals surface area contributed by atoms with Gasteiger partial charge in [0.25, 0.3) is 0 Å². The largest absolute Gasteiger partial charge is 0.310 e. The monoisotopic (exact) mass is 539 g/mol. The second kappa shape index (κ2) is 9.39. The number of anilines is 3. The van der Waals surface area contributed by atoms with Gasteiger partial charge in [0.1, 0.15) is 6.33 Å². The van der Waals surface area contributed by atoms with Gasteiger partial charge in [-0.2, -0.15) is 0 Å². The van der Waals surface area contributed by atoms with Gasteiger partial charge < -0.3 is 4.90 Å². The zero-order valence-corrected chi connectivity index (χ0v) is 23.6. The first-order chi connectivity index (χ1) is 20.6. The maximum Gasteiger partial charge on any atom is 0.116 e. The van der Waals surface area contributed by atoms with Crippen molar-refractivity contribution in [1.82, 2.24) is 9.97 Å². The Morgan fingerprint density at radius 2 is 1.19 bits per heavy atom. The Kier molecular flexibility index (Phi) is 5.48. The lowest BCUT2D eigenvalue weighted by Gasteiger charge is -2.42. The van der Waals surface area contributed by atoms with Crippen LogP contribution in [-0.2, 0) is 5.41 Å². The van der Waals surface area contributed by atoms with Crippen LogP contribution in [0.2, 0.25) is 0 Å². The Hall–Kier alpha value is -5.28. The molecule has 0 atom stereocenters. The number of fused-ring (bicyclic) bond motifs is 5. The van der Waals surface area contributed by atoms with Crippen molar-refractivity contribution < 1.29 is 0 Å². The van der Waals surface area contributed by atoms with E-state index in [0.717, 1.165) is 27.5 Å². The van der Waals surface area contributed by atoms with Gasteiger partial charge in [0, 0.05) is 22.7 Å². The molecule has 0 bridgehead atoms. The summed E-state index contributed by atoms with van der Waals surface area (Å²) >= 11 is 0. The van der Waals surface area contributed by atoms with E-state index in [1.807, 2.05) is 6.20 Å². The first-order valence-corrected chi connectivity index (χ1v) is 14.4. The highest BCUT2D eigenvalue weighted by atomic mass is 15.2. The van der Waals surface area contributed by atoms with E-state index in [2.05, 4.69) is 156 Å². The lowest BCUT2D eigenvalue weighted by molar-refractivity contribution is 0.632. The van der Waals surface area contributed by atoms with Crippen LogP contribution in [0.5, 0.6) is 0 Å². The minimum atomic E-state index is -0.0753. The summed E-state index contributed by atoms with van der Waals surface area (Å²) < 4.78 is 0. The summed E-state index contributed by atoms with van der Waals surface area (Å²) in [4.78, 5) is 11.4. The Labute approximate surface area is 245 Å². The first kappa shape index (κ1) is 24.5. The van der Waals surface area contributed by atoms with Gasteiger partial charge in [0.05, 0.1) is 16.9 Å². The molecule has 0 fully saturated rings. The smallest absolute Gasteiger partial charge is 0.116 e. The predicted molar refractivity (Wildman–Crippen MR) is 175 cm³/mol. The number of hydrogen-bond acceptors (Lipinski definition) is 3. The third-order valence-electron chi connectivity index (χ3n) is 8.80. The van der Waals surface area contributed by atoms with Crippen LogP contribution in [0.15, 0.2) is 140 Å². The molecular formula is C39H29N3. The minimum Gasteiger partial charge on any atom is -0.310 e. The highest BCUT2D eigenvalue weighted by molar-refractivity contribution is 6.13. The Bertz CT molecular complexity index is 2060. The van der Waals surface area contributed by atoms with Gasteiger partial charge in [-0.05, 0) is 80.6 Å². The SMILES string of the molecule is CC1(C)c2ccccc2N(c2ccc(-c3cc4ncncc4c4cc(-c5ccccc5)ccc34)cc2)c2ccccc21. The van der Waals surface area contributed by atoms with Crippen molar-refractivity contribution in [3.63, 3.8) is 0 Å². The second-order valence-electron chi connectivity index (χ2n) is 11.5. The van der Waals surface area contributed by atoms with E-state index in [1.165, 1.54) is 44.6 Å². The number of hydrogen-bond donors (Lipinski definition) is 0. The lowest BCUT2D eigenvalue weighted by atomic mass is 9.73. The van der Waals surface area contributed by atoms with Crippen LogP contribution < -0.4 is 4.90 Å². The average Bonchev–Trinajstić information content (AvgIpc) is 3.05. The zero-order valence-electron chi connectivity index (χ0n) is 23.6. The molecule has 42 heavy (non-hydrogen) atoms. The lowest BCUT2D eigenvalue weighted by Crippen LogP contribution is -2.30. The Morgan fingerprint density at radius 3 is 1.90 bits per heavy atom. The van der Waals surface area contributed by atoms with Crippen LogP contribution in [-0.4, -0.2) is 9.97 Å². The predicted octanol–water partition coefficient (Wildman–Crippen LogP) is 10.2. The van der Waals surface area contributed by atoms with Crippen molar-refractivity contribution in [2.24, 2.45) is 0 Å². The van der Waals surface area contributed by atoms with Crippen molar-refractivity contribution in [3.8, 4) is 22.3 Å². The van der Waals surface area contributed by atoms with Crippen LogP contribution in [0.3, 0.4) is 0 Å². The van der Waals surface area contributed by atoms with E-state index in [0.29, 0.717) is 0 Å². The molecule has 7 aromatic rings. The number of nitrogens with zero attached hydrogens (tertiary/aromatic N) is 3. The fourth-order valence-corrected chi connectivity index (χ4v) is 6.66. The molecule has 1 aromatic heterocycles. The molecule has 2 heterocycles. The molecular weight excluding hydrogens is 510 g/mol. The van der Waals surface area contributed by atoms with Crippen molar-refractivity contribution in [3.05, 3.63) is 151 Å². The highest BCUT2D eigenvalue weighted by Crippen LogP contribution is 2.51. The van der Waals surface area contributed by atoms with Gasteiger partial charge in [-0.25, -0.2) is 9.97 Å². The minimum absolute atomic E-state index is 0.0753. The summed E-state index contributed by atoms with van der Waals surface area (Å²) in [5, 5.41) is 3.42. The van der Waals surface area contributed by atoms with Gasteiger partial charge in [-0.3, -0.25) is 0 Å². The number of rotatable bonds is 3. The summed E-state index contributed by atoms with van der Waals surface area (Å²) in [6.45, 7) is 4.64. The Morgan fingerprint density at radius 1 is 0.548 bits per heavy atom. The molecule has 1 aliphatic heterocycles. The molecule has 0 unspecified atom stereocenters. The summed E-state index contributed by atoms with van der Waals surface area (Å²) in [5.74, 6) is 0. The summed E-state index contributed by atoms with van der Waals surface area (Å²) in [6, 6.07) is 46.0. The van der Waals surface area contributed by atoms with Crippen LogP contribution in [0.25, 0.3) is 43.9 Å². The molecule has 0 radical (unpaired) electrons. The van der Waals surface area contributed by atoms with Gasteiger partial charge in [0.15, 0.2) is 0 Å². The van der Waals surface area contributed by atoms with Crippen LogP contribution in [0.1, 0.15) is 25.0 Å². The van der Waals surface area contributed by atoms with Gasteiger partial charge >= 0.3 is 0 Å². The van der Waals surface area contributed by atoms with E-state index >= 15 is 0 Å². The molecule has 1 aliphatic rings. The number of benzene rings is 6. The van der Waals surface area contributed by atoms with Crippen LogP contribution >= 0.6 is 0 Å². The third kappa shape index (κ3) is 3.74. The topological polar surface area (TPSA) is 29.0 Å². The van der Waals surface area contributed by atoms with E-state index in [9.17, 15) is 0 Å². The normalized spacial score (nSPS) is 13.6. The Balaban J connectivity index is 1.28. The van der Waals surface area contributed by atoms with Crippen molar-refractivity contribution >= 4 is 38.7 Å². The third-order valence-corrected chi connectivity index (χ3v) is 8.80. The maximum absolute atomic E-state index is 4.66. The molecule has 0 amide bonds. The van der Waals surface area contributed by atoms with Crippen molar-refractivity contribution in [2.45, 2.75) is 19.3 Å². The summed E-state index contributed by atoms with van der Waals surface area (Å²) in [6.07, 6.45) is 3.56. The molecule has 6 aromatic carbocycles. The first-order valence-electron chi connectivity index (χ1n) is 14.4. The number of para-hydroxylation sites is 2. The maximum atomic E-state index is 4.66. The van der Waals surface area contributed by atoms with Gasteiger partial charge in [-0.1, -0.05) is 105 Å². The average molecular weight is 540 g/mol. The molecule has 0 spiro atoms. The molecule has 0 aliphatic carbocycles. The molecule has 0 saturated heterocycles. The molecule has 0 N–H and O–H groups in total. The molecule has 0 saturated carbocycles. The number of aromatic nitrogens is 2. The second-order valence-corrected chi connectivity index (χ2v) is 11.5. The van der Waals surface area contributed by atoms with E-state index < -0.39 is 0 Å². The van der Waals surface area contributed by atoms with E-state index in [1.54, 1.807) is 6.33 Å². The van der Waals surface area contributed by atoms with E-state index in [-0.39, 0.29) is 5.41 Å². The fourth-order valence-electron chi connectivity index (χ4n) is 6.66. The molecule has 3 nitrogen and oxygen atoms in total. The summed E-state index contributed by atoms with van der Waals surface area (Å²) in [5.41, 5.74) is 11.9. The van der Waals surface area contributed by atoms with Crippen molar-refractivity contribution in [2.75, 3.05) is 4.90 Å². The van der Waals surface area contributed by atoms with Crippen LogP contribution in [0, 0.1) is 0 Å². The highest BCUT2D eigenvalue weighted by Gasteiger charge is 2.36. The van der Waals surface area contributed by atoms with Gasteiger partial charge in [0.2, 0.25) is 0 Å².